The molecule has 0 spiro atoms. The number of fused-ring (bicyclic) bond motifs is 3. The van der Waals surface area contributed by atoms with Crippen molar-refractivity contribution in [2.24, 2.45) is 7.05 Å². The van der Waals surface area contributed by atoms with Gasteiger partial charge in [0.15, 0.2) is 11.4 Å². The lowest BCUT2D eigenvalue weighted by Crippen LogP contribution is -2.24. The Balaban J connectivity index is 1.61. The van der Waals surface area contributed by atoms with E-state index in [-0.39, 0.29) is 17.9 Å². The third kappa shape index (κ3) is 2.43. The average Bonchev–Trinajstić information content (AvgIpc) is 3.41. The van der Waals surface area contributed by atoms with Gasteiger partial charge in [0.2, 0.25) is 0 Å². The predicted molar refractivity (Wildman–Crippen MR) is 98.9 cm³/mol. The Bertz CT molecular complexity index is 1320. The van der Waals surface area contributed by atoms with E-state index >= 15 is 0 Å². The van der Waals surface area contributed by atoms with Crippen molar-refractivity contribution in [1.82, 2.24) is 39.7 Å². The van der Waals surface area contributed by atoms with Crippen LogP contribution in [0.4, 0.5) is 0 Å². The maximum absolute atomic E-state index is 12.9. The zero-order valence-electron chi connectivity index (χ0n) is 14.2. The molecule has 3 N–H and O–H groups in total. The van der Waals surface area contributed by atoms with Crippen LogP contribution in [0.25, 0.3) is 21.3 Å². The van der Waals surface area contributed by atoms with Gasteiger partial charge in [0.1, 0.15) is 10.5 Å². The minimum Gasteiger partial charge on any atom is -0.504 e. The van der Waals surface area contributed by atoms with Crippen LogP contribution in [0.1, 0.15) is 16.4 Å². The highest BCUT2D eigenvalue weighted by molar-refractivity contribution is 7.19. The van der Waals surface area contributed by atoms with Crippen molar-refractivity contribution < 1.29 is 5.11 Å². The van der Waals surface area contributed by atoms with Crippen LogP contribution in [-0.2, 0) is 20.0 Å². The molecule has 5 aromatic rings. The van der Waals surface area contributed by atoms with Gasteiger partial charge in [0, 0.05) is 30.7 Å². The van der Waals surface area contributed by atoms with Crippen LogP contribution in [0.15, 0.2) is 29.5 Å². The first kappa shape index (κ1) is 15.8. The molecule has 0 aromatic carbocycles. The molecule has 11 heteroatoms. The van der Waals surface area contributed by atoms with Crippen molar-refractivity contribution in [3.05, 3.63) is 51.4 Å². The highest BCUT2D eigenvalue weighted by Crippen LogP contribution is 2.31. The Morgan fingerprint density at radius 1 is 1.26 bits per heavy atom. The molecule has 5 rings (SSSR count). The molecule has 0 saturated carbocycles. The van der Waals surface area contributed by atoms with Crippen LogP contribution in [-0.4, -0.2) is 44.8 Å². The molecule has 0 amide bonds. The lowest BCUT2D eigenvalue weighted by molar-refractivity contribution is 0.462. The molecule has 0 fully saturated rings. The highest BCUT2D eigenvalue weighted by atomic mass is 32.1. The second-order valence-corrected chi connectivity index (χ2v) is 7.27. The van der Waals surface area contributed by atoms with E-state index in [2.05, 4.69) is 30.5 Å². The van der Waals surface area contributed by atoms with E-state index in [4.69, 9.17) is 0 Å². The Hall–Kier alpha value is -3.47. The van der Waals surface area contributed by atoms with E-state index in [0.29, 0.717) is 17.6 Å². The van der Waals surface area contributed by atoms with Crippen LogP contribution >= 0.6 is 11.3 Å². The van der Waals surface area contributed by atoms with E-state index in [1.54, 1.807) is 28.3 Å². The van der Waals surface area contributed by atoms with E-state index in [9.17, 15) is 9.90 Å². The van der Waals surface area contributed by atoms with Crippen molar-refractivity contribution >= 4 is 32.6 Å². The molecule has 10 nitrogen and oxygen atoms in total. The third-order valence-electron chi connectivity index (χ3n) is 4.47. The number of nitrogens with zero attached hydrogens (tertiary/aromatic N) is 6. The van der Waals surface area contributed by atoms with Gasteiger partial charge in [-0.15, -0.1) is 11.3 Å². The summed E-state index contributed by atoms with van der Waals surface area (Å²) >= 11 is 1.54. The van der Waals surface area contributed by atoms with E-state index < -0.39 is 0 Å². The molecule has 0 bridgehead atoms. The molecule has 0 saturated heterocycles. The molecule has 0 aliphatic carbocycles. The first-order valence-corrected chi connectivity index (χ1v) is 8.97. The van der Waals surface area contributed by atoms with E-state index in [1.807, 2.05) is 13.1 Å². The molecule has 5 heterocycles. The zero-order valence-corrected chi connectivity index (χ0v) is 15.0. The maximum Gasteiger partial charge on any atom is 0.291 e. The zero-order chi connectivity index (χ0) is 18.5. The van der Waals surface area contributed by atoms with Crippen molar-refractivity contribution in [3.8, 4) is 5.75 Å². The summed E-state index contributed by atoms with van der Waals surface area (Å²) in [6.45, 7) is 0.109. The first-order valence-electron chi connectivity index (χ1n) is 8.15. The lowest BCUT2D eigenvalue weighted by Gasteiger charge is -2.04. The minimum absolute atomic E-state index is 0.00164. The molecule has 27 heavy (non-hydrogen) atoms. The normalized spacial score (nSPS) is 11.7. The number of thiazole rings is 1. The lowest BCUT2D eigenvalue weighted by atomic mass is 10.3. The summed E-state index contributed by atoms with van der Waals surface area (Å²) in [6, 6.07) is 1.91. The SMILES string of the molecule is Cn1c2nc(Cc3ccn[nH]3)sc2c2cnn(Cc3[nH]ncc3O)c(=O)c21. The van der Waals surface area contributed by atoms with Crippen LogP contribution in [0.2, 0.25) is 0 Å². The largest absolute Gasteiger partial charge is 0.504 e. The summed E-state index contributed by atoms with van der Waals surface area (Å²) in [5.74, 6) is 0.00164. The highest BCUT2D eigenvalue weighted by Gasteiger charge is 2.19. The summed E-state index contributed by atoms with van der Waals surface area (Å²) in [5.41, 5.74) is 2.46. The van der Waals surface area contributed by atoms with Crippen LogP contribution in [0, 0.1) is 0 Å². The topological polar surface area (TPSA) is 130 Å². The van der Waals surface area contributed by atoms with Gasteiger partial charge < -0.3 is 9.67 Å². The quantitative estimate of drug-likeness (QED) is 0.427. The molecule has 5 aromatic heterocycles. The number of aromatic amines is 2. The molecular formula is C16H14N8O2S. The standard InChI is InChI=1S/C16H14N8O2S/c1-23-13-9(5-19-24(16(13)26)7-10-11(25)6-18-22-10)14-15(23)20-12(27-14)4-8-2-3-17-21-8/h2-3,5-6,25H,4,7H2,1H3,(H,17,21)(H,18,22). The number of rotatable bonds is 4. The number of hydrogen-bond donors (Lipinski definition) is 3. The van der Waals surface area contributed by atoms with Gasteiger partial charge >= 0.3 is 0 Å². The molecule has 0 radical (unpaired) electrons. The number of aryl methyl sites for hydroxylation is 1. The van der Waals surface area contributed by atoms with E-state index in [0.717, 1.165) is 26.4 Å². The average molecular weight is 382 g/mol. The molecule has 0 unspecified atom stereocenters. The van der Waals surface area contributed by atoms with Crippen molar-refractivity contribution in [2.45, 2.75) is 13.0 Å². The summed E-state index contributed by atoms with van der Waals surface area (Å²) in [7, 11) is 1.82. The number of aromatic hydroxyl groups is 1. The summed E-state index contributed by atoms with van der Waals surface area (Å²) in [5, 5.41) is 29.0. The summed E-state index contributed by atoms with van der Waals surface area (Å²) < 4.78 is 4.03. The second-order valence-electron chi connectivity index (χ2n) is 6.18. The molecule has 0 atom stereocenters. The van der Waals surface area contributed by atoms with Crippen molar-refractivity contribution in [1.29, 1.82) is 0 Å². The van der Waals surface area contributed by atoms with Gasteiger partial charge in [0.05, 0.1) is 29.3 Å². The first-order chi connectivity index (χ1) is 13.1. The van der Waals surface area contributed by atoms with Crippen molar-refractivity contribution in [2.75, 3.05) is 0 Å². The van der Waals surface area contributed by atoms with Gasteiger partial charge in [-0.25, -0.2) is 9.67 Å². The van der Waals surface area contributed by atoms with Crippen LogP contribution in [0.3, 0.4) is 0 Å². The Kier molecular flexibility index (Phi) is 3.37. The maximum atomic E-state index is 12.9. The molecular weight excluding hydrogens is 368 g/mol. The number of aromatic nitrogens is 8. The molecule has 0 aliphatic heterocycles. The fourth-order valence-corrected chi connectivity index (χ4v) is 4.27. The minimum atomic E-state index is -0.246. The van der Waals surface area contributed by atoms with E-state index in [1.165, 1.54) is 10.9 Å². The number of H-pyrrole nitrogens is 2. The Morgan fingerprint density at radius 2 is 2.15 bits per heavy atom. The van der Waals surface area contributed by atoms with Crippen LogP contribution in [0.5, 0.6) is 5.75 Å². The van der Waals surface area contributed by atoms with Gasteiger partial charge in [-0.3, -0.25) is 15.0 Å². The summed E-state index contributed by atoms with van der Waals surface area (Å²) in [4.78, 5) is 17.6. The second kappa shape index (κ2) is 5.77. The third-order valence-corrected chi connectivity index (χ3v) is 5.55. The number of nitrogens with one attached hydrogen (secondary N) is 2. The predicted octanol–water partition coefficient (Wildman–Crippen LogP) is 1.14. The summed E-state index contributed by atoms with van der Waals surface area (Å²) in [6.07, 6.45) is 5.33. The molecule has 0 aliphatic rings. The van der Waals surface area contributed by atoms with Gasteiger partial charge in [0.25, 0.3) is 5.56 Å². The van der Waals surface area contributed by atoms with Crippen molar-refractivity contribution in [3.63, 3.8) is 0 Å². The Morgan fingerprint density at radius 3 is 2.89 bits per heavy atom. The molecule has 136 valence electrons. The van der Waals surface area contributed by atoms with Crippen LogP contribution < -0.4 is 5.56 Å². The van der Waals surface area contributed by atoms with Gasteiger partial charge in [-0.05, 0) is 6.07 Å². The smallest absolute Gasteiger partial charge is 0.291 e. The monoisotopic (exact) mass is 382 g/mol. The van der Waals surface area contributed by atoms with Gasteiger partial charge in [-0.1, -0.05) is 0 Å². The fourth-order valence-electron chi connectivity index (χ4n) is 3.14. The fraction of sp³-hybridized carbons (Fsp3) is 0.188. The van der Waals surface area contributed by atoms with Gasteiger partial charge in [-0.2, -0.15) is 15.3 Å². The number of hydrogen-bond acceptors (Lipinski definition) is 7. The Labute approximate surface area is 155 Å².